The van der Waals surface area contributed by atoms with Crippen LogP contribution in [-0.2, 0) is 6.67 Å². The molecule has 136 valence electrons. The van der Waals surface area contributed by atoms with Crippen molar-refractivity contribution in [3.63, 3.8) is 0 Å². The Morgan fingerprint density at radius 3 is 2.15 bits per heavy atom. The minimum absolute atomic E-state index is 0.0106. The number of nitrogens with zero attached hydrogens (tertiary/aromatic N) is 1. The van der Waals surface area contributed by atoms with Crippen LogP contribution >= 0.6 is 0 Å². The Balaban J connectivity index is 0.000000228. The number of halogens is 5. The van der Waals surface area contributed by atoms with Crippen LogP contribution in [0.3, 0.4) is 0 Å². The van der Waals surface area contributed by atoms with Crippen molar-refractivity contribution >= 4 is 0 Å². The van der Waals surface area contributed by atoms with Crippen molar-refractivity contribution in [1.82, 2.24) is 4.98 Å². The van der Waals surface area contributed by atoms with Crippen LogP contribution in [0, 0.1) is 24.4 Å². The number of benzene rings is 2. The van der Waals surface area contributed by atoms with Crippen molar-refractivity contribution in [1.29, 1.82) is 0 Å². The maximum absolute atomic E-state index is 13.6. The lowest BCUT2D eigenvalue weighted by atomic mass is 10.1. The lowest BCUT2D eigenvalue weighted by Gasteiger charge is -2.05. The quantitative estimate of drug-likeness (QED) is 0.538. The Bertz CT molecular complexity index is 868. The molecule has 0 fully saturated rings. The molecule has 2 aromatic carbocycles. The molecule has 7 heteroatoms. The molecule has 3 aromatic rings. The van der Waals surface area contributed by atoms with Gasteiger partial charge in [-0.25, -0.2) is 17.6 Å². The Labute approximate surface area is 146 Å². The smallest absolute Gasteiger partial charge is 0.172 e. The van der Waals surface area contributed by atoms with Crippen molar-refractivity contribution in [3.05, 3.63) is 83.3 Å². The van der Waals surface area contributed by atoms with Crippen molar-refractivity contribution in [2.45, 2.75) is 13.6 Å². The van der Waals surface area contributed by atoms with Crippen LogP contribution in [0.4, 0.5) is 22.1 Å². The molecule has 3 rings (SSSR count). The summed E-state index contributed by atoms with van der Waals surface area (Å²) < 4.78 is 62.6. The molecule has 0 aliphatic heterocycles. The molecule has 1 aromatic heterocycles. The van der Waals surface area contributed by atoms with Gasteiger partial charge >= 0.3 is 0 Å². The second kappa shape index (κ2) is 8.94. The topological polar surface area (TPSA) is 22.1 Å². The minimum atomic E-state index is -0.879. The van der Waals surface area contributed by atoms with Crippen molar-refractivity contribution in [2.24, 2.45) is 0 Å². The molecule has 0 amide bonds. The molecule has 0 saturated carbocycles. The van der Waals surface area contributed by atoms with E-state index < -0.39 is 24.1 Å². The highest BCUT2D eigenvalue weighted by atomic mass is 19.3. The minimum Gasteiger partial charge on any atom is -0.294 e. The van der Waals surface area contributed by atoms with Gasteiger partial charge in [0.25, 0.3) is 0 Å². The van der Waals surface area contributed by atoms with Gasteiger partial charge in [-0.1, -0.05) is 12.1 Å². The average Bonchev–Trinajstić information content (AvgIpc) is 2.63. The Kier molecular flexibility index (Phi) is 6.66. The van der Waals surface area contributed by atoms with E-state index in [0.29, 0.717) is 11.1 Å². The second-order valence-electron chi connectivity index (χ2n) is 5.31. The predicted octanol–water partition coefficient (Wildman–Crippen LogP) is 5.89. The van der Waals surface area contributed by atoms with Gasteiger partial charge in [-0.05, 0) is 48.9 Å². The van der Waals surface area contributed by atoms with Crippen LogP contribution in [0.25, 0.3) is 11.3 Å². The fourth-order valence-electron chi connectivity index (χ4n) is 2.03. The van der Waals surface area contributed by atoms with Gasteiger partial charge in [0.05, 0.1) is 0 Å². The maximum atomic E-state index is 13.6. The summed E-state index contributed by atoms with van der Waals surface area (Å²) in [5.41, 5.74) is 1.02. The fourth-order valence-corrected chi connectivity index (χ4v) is 2.03. The van der Waals surface area contributed by atoms with Gasteiger partial charge in [0.15, 0.2) is 5.75 Å². The molecule has 0 radical (unpaired) electrons. The number of aromatic nitrogens is 1. The van der Waals surface area contributed by atoms with Gasteiger partial charge in [-0.3, -0.25) is 9.93 Å². The number of rotatable bonds is 3. The summed E-state index contributed by atoms with van der Waals surface area (Å²) in [4.78, 5) is 7.21. The van der Waals surface area contributed by atoms with E-state index >= 15 is 0 Å². The summed E-state index contributed by atoms with van der Waals surface area (Å²) >= 11 is 0. The first kappa shape index (κ1) is 19.4. The standard InChI is InChI=1S/C13H10F3N.C6H4F2O/c1-8-4-12(16)13(17-7-8)9-2-3-10(6-14)11(15)5-9;7-5-1-3-6(9-8)4-2-5/h2-5,7H,6H2,1H3;1-4H. The third-order valence-electron chi connectivity index (χ3n) is 3.35. The third kappa shape index (κ3) is 5.02. The Morgan fingerprint density at radius 1 is 0.923 bits per heavy atom. The van der Waals surface area contributed by atoms with Gasteiger partial charge in [0, 0.05) is 21.8 Å². The number of hydrogen-bond donors (Lipinski definition) is 0. The monoisotopic (exact) mass is 367 g/mol. The normalized spacial score (nSPS) is 10.1. The molecule has 2 nitrogen and oxygen atoms in total. The van der Waals surface area contributed by atoms with Crippen LogP contribution in [0.15, 0.2) is 54.7 Å². The average molecular weight is 367 g/mol. The number of hydrogen-bond acceptors (Lipinski definition) is 2. The van der Waals surface area contributed by atoms with Crippen LogP contribution < -0.4 is 4.94 Å². The molecular weight excluding hydrogens is 353 g/mol. The molecule has 0 atom stereocenters. The molecular formula is C19H14F5NO. The number of alkyl halides is 1. The van der Waals surface area contributed by atoms with E-state index in [-0.39, 0.29) is 17.0 Å². The van der Waals surface area contributed by atoms with Crippen molar-refractivity contribution in [3.8, 4) is 17.0 Å². The predicted molar refractivity (Wildman–Crippen MR) is 87.3 cm³/mol. The molecule has 26 heavy (non-hydrogen) atoms. The summed E-state index contributed by atoms with van der Waals surface area (Å²) in [6.07, 6.45) is 1.50. The first-order chi connectivity index (χ1) is 12.4. The van der Waals surface area contributed by atoms with Crippen LogP contribution in [-0.4, -0.2) is 4.98 Å². The van der Waals surface area contributed by atoms with E-state index in [0.717, 1.165) is 18.2 Å². The molecule has 0 spiro atoms. The molecule has 0 N–H and O–H groups in total. The van der Waals surface area contributed by atoms with Gasteiger partial charge in [0.1, 0.15) is 29.8 Å². The lowest BCUT2D eigenvalue weighted by Crippen LogP contribution is -1.93. The van der Waals surface area contributed by atoms with Gasteiger partial charge < -0.3 is 0 Å². The summed E-state index contributed by atoms with van der Waals surface area (Å²) in [6, 6.07) is 9.82. The molecule has 0 bridgehead atoms. The zero-order chi connectivity index (χ0) is 19.1. The van der Waals surface area contributed by atoms with E-state index in [4.69, 9.17) is 0 Å². The molecule has 0 aliphatic rings. The number of pyridine rings is 1. The van der Waals surface area contributed by atoms with Gasteiger partial charge in [-0.15, -0.1) is 0 Å². The molecule has 0 unspecified atom stereocenters. The van der Waals surface area contributed by atoms with E-state index in [1.807, 2.05) is 0 Å². The second-order valence-corrected chi connectivity index (χ2v) is 5.31. The summed E-state index contributed by atoms with van der Waals surface area (Å²) in [5.74, 6) is -1.60. The van der Waals surface area contributed by atoms with E-state index in [9.17, 15) is 22.1 Å². The van der Waals surface area contributed by atoms with Crippen LogP contribution in [0.2, 0.25) is 0 Å². The molecule has 0 aliphatic carbocycles. The summed E-state index contributed by atoms with van der Waals surface area (Å²) in [6.45, 7) is 0.836. The maximum Gasteiger partial charge on any atom is 0.172 e. The first-order valence-electron chi connectivity index (χ1n) is 7.45. The Hall–Kier alpha value is -2.96. The zero-order valence-electron chi connectivity index (χ0n) is 13.6. The first-order valence-corrected chi connectivity index (χ1v) is 7.45. The largest absolute Gasteiger partial charge is 0.294 e. The summed E-state index contributed by atoms with van der Waals surface area (Å²) in [7, 11) is 0. The summed E-state index contributed by atoms with van der Waals surface area (Å²) in [5, 5.41) is 0. The highest BCUT2D eigenvalue weighted by molar-refractivity contribution is 5.60. The van der Waals surface area contributed by atoms with Gasteiger partial charge in [0.2, 0.25) is 0 Å². The zero-order valence-corrected chi connectivity index (χ0v) is 13.6. The number of aryl methyl sites for hydroxylation is 1. The third-order valence-corrected chi connectivity index (χ3v) is 3.35. The van der Waals surface area contributed by atoms with Crippen LogP contribution in [0.1, 0.15) is 11.1 Å². The van der Waals surface area contributed by atoms with Crippen molar-refractivity contribution < 1.29 is 27.0 Å². The molecule has 1 heterocycles. The van der Waals surface area contributed by atoms with Gasteiger partial charge in [-0.2, -0.15) is 0 Å². The molecule has 0 saturated heterocycles. The Morgan fingerprint density at radius 2 is 1.62 bits per heavy atom. The fraction of sp³-hybridized carbons (Fsp3) is 0.105. The highest BCUT2D eigenvalue weighted by Gasteiger charge is 2.10. The lowest BCUT2D eigenvalue weighted by molar-refractivity contribution is -0.00628. The SMILES string of the molecule is Cc1cnc(-c2ccc(CF)c(F)c2)c(F)c1.FOc1ccc(F)cc1. The highest BCUT2D eigenvalue weighted by Crippen LogP contribution is 2.23. The van der Waals surface area contributed by atoms with E-state index in [1.165, 1.54) is 36.5 Å². The van der Waals surface area contributed by atoms with Crippen LogP contribution in [0.5, 0.6) is 5.75 Å². The van der Waals surface area contributed by atoms with E-state index in [2.05, 4.69) is 9.93 Å². The van der Waals surface area contributed by atoms with Crippen molar-refractivity contribution in [2.75, 3.05) is 0 Å². The van der Waals surface area contributed by atoms with E-state index in [1.54, 1.807) is 6.92 Å².